The third-order valence-electron chi connectivity index (χ3n) is 4.34. The molecule has 0 aromatic rings. The maximum atomic E-state index is 11.7. The molecule has 1 aliphatic rings. The molecule has 6 nitrogen and oxygen atoms in total. The van der Waals surface area contributed by atoms with Gasteiger partial charge in [0.05, 0.1) is 20.1 Å². The lowest BCUT2D eigenvalue weighted by atomic mass is 9.53. The second kappa shape index (κ2) is 6.24. The summed E-state index contributed by atoms with van der Waals surface area (Å²) in [6.45, 7) is 5.31. The number of hydrogen-bond donors (Lipinski definition) is 1. The maximum Gasteiger partial charge on any atom is 0.328 e. The molecule has 1 fully saturated rings. The van der Waals surface area contributed by atoms with E-state index in [0.717, 1.165) is 0 Å². The van der Waals surface area contributed by atoms with Crippen molar-refractivity contribution >= 4 is 17.8 Å². The lowest BCUT2D eigenvalue weighted by molar-refractivity contribution is -0.164. The zero-order valence-electron chi connectivity index (χ0n) is 12.7. The molecule has 1 saturated carbocycles. The molecular formula is C14H23NO5. The van der Waals surface area contributed by atoms with E-state index in [1.165, 1.54) is 21.1 Å². The molecule has 0 aromatic heterocycles. The van der Waals surface area contributed by atoms with Gasteiger partial charge >= 0.3 is 11.9 Å². The molecule has 0 aromatic carbocycles. The SMILES string of the molecule is COC(=O)[C@H](C[C@H]1C[C@@H](C(=O)OC)C1(C)C)NC(C)=O. The molecule has 1 amide bonds. The molecule has 0 aliphatic heterocycles. The van der Waals surface area contributed by atoms with Gasteiger partial charge in [-0.25, -0.2) is 4.79 Å². The van der Waals surface area contributed by atoms with Crippen LogP contribution in [0.2, 0.25) is 0 Å². The lowest BCUT2D eigenvalue weighted by Gasteiger charge is -2.51. The van der Waals surface area contributed by atoms with E-state index in [0.29, 0.717) is 12.8 Å². The van der Waals surface area contributed by atoms with Crippen LogP contribution in [0.1, 0.15) is 33.6 Å². The predicted octanol–water partition coefficient (Wildman–Crippen LogP) is 0.889. The Kier molecular flexibility index (Phi) is 5.14. The van der Waals surface area contributed by atoms with Crippen molar-refractivity contribution < 1.29 is 23.9 Å². The van der Waals surface area contributed by atoms with E-state index in [1.807, 2.05) is 13.8 Å². The average Bonchev–Trinajstić information content (AvgIpc) is 2.39. The summed E-state index contributed by atoms with van der Waals surface area (Å²) in [5, 5.41) is 2.60. The Bertz CT molecular complexity index is 404. The van der Waals surface area contributed by atoms with Crippen molar-refractivity contribution in [1.29, 1.82) is 0 Å². The molecule has 0 heterocycles. The number of nitrogens with one attached hydrogen (secondary N) is 1. The monoisotopic (exact) mass is 285 g/mol. The number of rotatable bonds is 5. The predicted molar refractivity (Wildman–Crippen MR) is 71.6 cm³/mol. The summed E-state index contributed by atoms with van der Waals surface area (Å²) in [5.74, 6) is -0.962. The zero-order valence-corrected chi connectivity index (χ0v) is 12.7. The van der Waals surface area contributed by atoms with Crippen LogP contribution in [0.15, 0.2) is 0 Å². The van der Waals surface area contributed by atoms with Crippen molar-refractivity contribution in [3.8, 4) is 0 Å². The fraction of sp³-hybridized carbons (Fsp3) is 0.786. The van der Waals surface area contributed by atoms with Gasteiger partial charge in [0.2, 0.25) is 5.91 Å². The van der Waals surface area contributed by atoms with E-state index >= 15 is 0 Å². The van der Waals surface area contributed by atoms with Crippen molar-refractivity contribution in [2.45, 2.75) is 39.7 Å². The van der Waals surface area contributed by atoms with Crippen molar-refractivity contribution in [2.75, 3.05) is 14.2 Å². The van der Waals surface area contributed by atoms with Gasteiger partial charge in [-0.05, 0) is 24.2 Å². The van der Waals surface area contributed by atoms with Crippen LogP contribution in [-0.2, 0) is 23.9 Å². The summed E-state index contributed by atoms with van der Waals surface area (Å²) >= 11 is 0. The highest BCUT2D eigenvalue weighted by molar-refractivity contribution is 5.83. The summed E-state index contributed by atoms with van der Waals surface area (Å²) in [7, 11) is 2.67. The van der Waals surface area contributed by atoms with Crippen LogP contribution in [0.3, 0.4) is 0 Å². The van der Waals surface area contributed by atoms with Crippen LogP contribution in [0.25, 0.3) is 0 Å². The highest BCUT2D eigenvalue weighted by atomic mass is 16.5. The van der Waals surface area contributed by atoms with E-state index in [2.05, 4.69) is 5.32 Å². The minimum Gasteiger partial charge on any atom is -0.469 e. The van der Waals surface area contributed by atoms with Crippen molar-refractivity contribution in [2.24, 2.45) is 17.3 Å². The summed E-state index contributed by atoms with van der Waals surface area (Å²) in [6, 6.07) is -0.666. The van der Waals surface area contributed by atoms with Crippen LogP contribution < -0.4 is 5.32 Å². The molecule has 114 valence electrons. The standard InChI is InChI=1S/C14H23NO5/c1-8(16)15-11(13(18)20-5)7-9-6-10(12(17)19-4)14(9,2)3/h9-11H,6-7H2,1-5H3,(H,15,16)/t9-,10+,11+/m1/s1. The molecule has 1 rings (SSSR count). The van der Waals surface area contributed by atoms with Gasteiger partial charge in [-0.1, -0.05) is 13.8 Å². The summed E-state index contributed by atoms with van der Waals surface area (Å²) in [5.41, 5.74) is -0.252. The molecule has 0 unspecified atom stereocenters. The van der Waals surface area contributed by atoms with E-state index in [-0.39, 0.29) is 29.1 Å². The van der Waals surface area contributed by atoms with E-state index < -0.39 is 12.0 Å². The Hall–Kier alpha value is -1.59. The number of ether oxygens (including phenoxy) is 2. The molecule has 0 saturated heterocycles. The average molecular weight is 285 g/mol. The Morgan fingerprint density at radius 1 is 1.25 bits per heavy atom. The first-order valence-electron chi connectivity index (χ1n) is 6.66. The normalized spacial score (nSPS) is 25.1. The molecule has 6 heteroatoms. The summed E-state index contributed by atoms with van der Waals surface area (Å²) in [6.07, 6.45) is 1.12. The number of esters is 2. The first kappa shape index (κ1) is 16.5. The van der Waals surface area contributed by atoms with E-state index in [9.17, 15) is 14.4 Å². The molecule has 1 N–H and O–H groups in total. The summed E-state index contributed by atoms with van der Waals surface area (Å²) < 4.78 is 9.48. The van der Waals surface area contributed by atoms with Crippen molar-refractivity contribution in [3.05, 3.63) is 0 Å². The molecule has 0 bridgehead atoms. The maximum absolute atomic E-state index is 11.7. The van der Waals surface area contributed by atoms with Gasteiger partial charge in [-0.3, -0.25) is 9.59 Å². The Morgan fingerprint density at radius 2 is 1.85 bits per heavy atom. The van der Waals surface area contributed by atoms with Gasteiger partial charge in [0, 0.05) is 6.92 Å². The number of carbonyl (C=O) groups excluding carboxylic acids is 3. The Morgan fingerprint density at radius 3 is 2.25 bits per heavy atom. The fourth-order valence-corrected chi connectivity index (χ4v) is 2.84. The van der Waals surface area contributed by atoms with E-state index in [4.69, 9.17) is 9.47 Å². The molecule has 1 aliphatic carbocycles. The first-order chi connectivity index (χ1) is 9.23. The quantitative estimate of drug-likeness (QED) is 0.759. The second-order valence-corrected chi connectivity index (χ2v) is 5.84. The highest BCUT2D eigenvalue weighted by Gasteiger charge is 2.53. The van der Waals surface area contributed by atoms with Crippen LogP contribution in [0.5, 0.6) is 0 Å². The van der Waals surface area contributed by atoms with Gasteiger partial charge < -0.3 is 14.8 Å². The number of amides is 1. The smallest absolute Gasteiger partial charge is 0.328 e. The van der Waals surface area contributed by atoms with Gasteiger partial charge in [-0.2, -0.15) is 0 Å². The van der Waals surface area contributed by atoms with Gasteiger partial charge in [-0.15, -0.1) is 0 Å². The minimum absolute atomic E-state index is 0.155. The lowest BCUT2D eigenvalue weighted by Crippen LogP contribution is -2.53. The Balaban J connectivity index is 2.70. The fourth-order valence-electron chi connectivity index (χ4n) is 2.84. The third kappa shape index (κ3) is 3.29. The third-order valence-corrected chi connectivity index (χ3v) is 4.34. The highest BCUT2D eigenvalue weighted by Crippen LogP contribution is 2.53. The molecule has 0 spiro atoms. The Labute approximate surface area is 119 Å². The largest absolute Gasteiger partial charge is 0.469 e. The number of methoxy groups -OCH3 is 2. The van der Waals surface area contributed by atoms with Crippen molar-refractivity contribution in [1.82, 2.24) is 5.32 Å². The number of carbonyl (C=O) groups is 3. The van der Waals surface area contributed by atoms with Crippen LogP contribution in [0.4, 0.5) is 0 Å². The minimum atomic E-state index is -0.666. The van der Waals surface area contributed by atoms with Gasteiger partial charge in [0.25, 0.3) is 0 Å². The van der Waals surface area contributed by atoms with Gasteiger partial charge in [0.15, 0.2) is 0 Å². The molecule has 3 atom stereocenters. The molecule has 20 heavy (non-hydrogen) atoms. The zero-order chi connectivity index (χ0) is 15.5. The van der Waals surface area contributed by atoms with Crippen LogP contribution in [-0.4, -0.2) is 38.1 Å². The molecule has 0 radical (unpaired) electrons. The van der Waals surface area contributed by atoms with Crippen LogP contribution in [0, 0.1) is 17.3 Å². The van der Waals surface area contributed by atoms with Crippen LogP contribution >= 0.6 is 0 Å². The topological polar surface area (TPSA) is 81.7 Å². The second-order valence-electron chi connectivity index (χ2n) is 5.84. The first-order valence-corrected chi connectivity index (χ1v) is 6.66. The number of hydrogen-bond acceptors (Lipinski definition) is 5. The summed E-state index contributed by atoms with van der Waals surface area (Å²) in [4.78, 5) is 34.5. The van der Waals surface area contributed by atoms with Crippen molar-refractivity contribution in [3.63, 3.8) is 0 Å². The van der Waals surface area contributed by atoms with Gasteiger partial charge in [0.1, 0.15) is 6.04 Å². The molecular weight excluding hydrogens is 262 g/mol. The van der Waals surface area contributed by atoms with E-state index in [1.54, 1.807) is 0 Å².